The van der Waals surface area contributed by atoms with Crippen LogP contribution in [0.2, 0.25) is 0 Å². The Balaban J connectivity index is 1.93. The van der Waals surface area contributed by atoms with Gasteiger partial charge in [-0.15, -0.1) is 11.3 Å². The lowest BCUT2D eigenvalue weighted by molar-refractivity contribution is -0.121. The van der Waals surface area contributed by atoms with Gasteiger partial charge in [-0.3, -0.25) is 19.1 Å². The Labute approximate surface area is 194 Å². The minimum atomic E-state index is -0.781. The summed E-state index contributed by atoms with van der Waals surface area (Å²) in [5.74, 6) is -1.40. The summed E-state index contributed by atoms with van der Waals surface area (Å²) in [4.78, 5) is 54.4. The highest BCUT2D eigenvalue weighted by Crippen LogP contribution is 2.20. The van der Waals surface area contributed by atoms with Gasteiger partial charge in [0.25, 0.3) is 11.5 Å². The summed E-state index contributed by atoms with van der Waals surface area (Å²) in [5.41, 5.74) is 6.19. The minimum absolute atomic E-state index is 0.0301. The second-order valence-corrected chi connectivity index (χ2v) is 8.89. The lowest BCUT2D eigenvalue weighted by Gasteiger charge is -2.26. The van der Waals surface area contributed by atoms with Crippen molar-refractivity contribution >= 4 is 34.7 Å². The van der Waals surface area contributed by atoms with Gasteiger partial charge in [0.2, 0.25) is 0 Å². The van der Waals surface area contributed by atoms with Crippen molar-refractivity contribution < 1.29 is 14.3 Å². The van der Waals surface area contributed by atoms with Crippen molar-refractivity contribution in [2.75, 3.05) is 23.8 Å². The lowest BCUT2D eigenvalue weighted by Crippen LogP contribution is -2.44. The van der Waals surface area contributed by atoms with E-state index in [1.807, 2.05) is 44.2 Å². The molecule has 0 spiro atoms. The number of nitrogens with one attached hydrogen (secondary N) is 1. The molecule has 1 aromatic carbocycles. The molecule has 0 unspecified atom stereocenters. The molecule has 3 rings (SSSR count). The highest BCUT2D eigenvalue weighted by molar-refractivity contribution is 7.12. The quantitative estimate of drug-likeness (QED) is 0.487. The fourth-order valence-corrected chi connectivity index (χ4v) is 4.11. The van der Waals surface area contributed by atoms with Crippen molar-refractivity contribution in [3.63, 3.8) is 0 Å². The van der Waals surface area contributed by atoms with Crippen LogP contribution in [-0.2, 0) is 16.1 Å². The molecule has 1 amide bonds. The lowest BCUT2D eigenvalue weighted by atomic mass is 10.2. The molecule has 174 valence electrons. The molecule has 0 bridgehead atoms. The van der Waals surface area contributed by atoms with Crippen LogP contribution in [0.5, 0.6) is 0 Å². The van der Waals surface area contributed by atoms with E-state index in [0.717, 1.165) is 11.1 Å². The summed E-state index contributed by atoms with van der Waals surface area (Å²) in [6.07, 6.45) is 0. The van der Waals surface area contributed by atoms with Gasteiger partial charge in [-0.05, 0) is 35.4 Å². The third-order valence-electron chi connectivity index (χ3n) is 4.89. The van der Waals surface area contributed by atoms with E-state index < -0.39 is 29.7 Å². The first-order valence-corrected chi connectivity index (χ1v) is 11.2. The van der Waals surface area contributed by atoms with E-state index in [1.165, 1.54) is 20.8 Å². The Morgan fingerprint density at radius 1 is 1.18 bits per heavy atom. The maximum Gasteiger partial charge on any atom is 0.349 e. The number of thiophene rings is 1. The van der Waals surface area contributed by atoms with E-state index in [9.17, 15) is 19.2 Å². The molecule has 2 aromatic heterocycles. The SMILES string of the molecule is Cc1ccsc1C(=O)OCC(=O)N(CC(C)C)c1c(N)n(Cc2ccccc2)c(=O)[nH]c1=O. The number of carbonyl (C=O) groups excluding carboxylic acids is 2. The van der Waals surface area contributed by atoms with Crippen LogP contribution in [0.4, 0.5) is 11.5 Å². The van der Waals surface area contributed by atoms with E-state index >= 15 is 0 Å². The van der Waals surface area contributed by atoms with Gasteiger partial charge in [0.1, 0.15) is 10.7 Å². The second kappa shape index (κ2) is 10.3. The van der Waals surface area contributed by atoms with Crippen LogP contribution in [0, 0.1) is 12.8 Å². The number of hydrogen-bond donors (Lipinski definition) is 2. The number of amides is 1. The van der Waals surface area contributed by atoms with Crippen molar-refractivity contribution in [3.05, 3.63) is 78.6 Å². The minimum Gasteiger partial charge on any atom is -0.451 e. The smallest absolute Gasteiger partial charge is 0.349 e. The standard InChI is InChI=1S/C23H26N4O5S/c1-14(2)11-26(17(28)13-32-22(30)19-15(3)9-10-33-19)18-20(24)27(23(31)25-21(18)29)12-16-7-5-4-6-8-16/h4-10,14H,11-13,24H2,1-3H3,(H,25,29,31). The molecule has 0 saturated carbocycles. The summed E-state index contributed by atoms with van der Waals surface area (Å²) in [6, 6.07) is 10.9. The average molecular weight is 471 g/mol. The molecule has 9 nitrogen and oxygen atoms in total. The number of carbonyl (C=O) groups is 2. The number of aryl methyl sites for hydroxylation is 1. The number of hydrogen-bond acceptors (Lipinski definition) is 7. The molecular formula is C23H26N4O5S. The molecule has 10 heteroatoms. The van der Waals surface area contributed by atoms with E-state index in [0.29, 0.717) is 4.88 Å². The molecule has 3 N–H and O–H groups in total. The van der Waals surface area contributed by atoms with Crippen molar-refractivity contribution in [2.45, 2.75) is 27.3 Å². The normalized spacial score (nSPS) is 10.9. The molecular weight excluding hydrogens is 444 g/mol. The number of esters is 1. The van der Waals surface area contributed by atoms with Crippen LogP contribution in [0.25, 0.3) is 0 Å². The third kappa shape index (κ3) is 5.58. The first kappa shape index (κ1) is 24.0. The summed E-state index contributed by atoms with van der Waals surface area (Å²) < 4.78 is 6.40. The fourth-order valence-electron chi connectivity index (χ4n) is 3.30. The van der Waals surface area contributed by atoms with E-state index in [-0.39, 0.29) is 30.5 Å². The Hall–Kier alpha value is -3.66. The number of aromatic nitrogens is 2. The largest absolute Gasteiger partial charge is 0.451 e. The second-order valence-electron chi connectivity index (χ2n) is 7.97. The Morgan fingerprint density at radius 3 is 2.48 bits per heavy atom. The monoisotopic (exact) mass is 470 g/mol. The van der Waals surface area contributed by atoms with Gasteiger partial charge in [0, 0.05) is 6.54 Å². The van der Waals surface area contributed by atoms with Gasteiger partial charge in [0.05, 0.1) is 6.54 Å². The van der Waals surface area contributed by atoms with E-state index in [2.05, 4.69) is 4.98 Å². The van der Waals surface area contributed by atoms with Crippen LogP contribution in [0.1, 0.15) is 34.6 Å². The number of aromatic amines is 1. The number of anilines is 2. The number of nitrogens with zero attached hydrogens (tertiary/aromatic N) is 2. The summed E-state index contributed by atoms with van der Waals surface area (Å²) in [5, 5.41) is 1.76. The molecule has 0 atom stereocenters. The van der Waals surface area contributed by atoms with Crippen LogP contribution in [-0.4, -0.2) is 34.6 Å². The maximum absolute atomic E-state index is 13.1. The number of nitrogens with two attached hydrogens (primary N) is 1. The molecule has 33 heavy (non-hydrogen) atoms. The summed E-state index contributed by atoms with van der Waals surface area (Å²) >= 11 is 1.22. The van der Waals surface area contributed by atoms with Gasteiger partial charge >= 0.3 is 11.7 Å². The van der Waals surface area contributed by atoms with Gasteiger partial charge in [-0.25, -0.2) is 9.59 Å². The molecule has 0 aliphatic rings. The molecule has 0 saturated heterocycles. The molecule has 0 fully saturated rings. The predicted octanol–water partition coefficient (Wildman–Crippen LogP) is 2.38. The number of H-pyrrole nitrogens is 1. The van der Waals surface area contributed by atoms with Gasteiger partial charge in [-0.1, -0.05) is 44.2 Å². The first-order valence-electron chi connectivity index (χ1n) is 10.4. The number of ether oxygens (including phenoxy) is 1. The third-order valence-corrected chi connectivity index (χ3v) is 5.89. The highest BCUT2D eigenvalue weighted by Gasteiger charge is 2.26. The van der Waals surface area contributed by atoms with Crippen LogP contribution < -0.4 is 21.9 Å². The number of benzene rings is 1. The average Bonchev–Trinajstić information content (AvgIpc) is 3.20. The van der Waals surface area contributed by atoms with Crippen LogP contribution >= 0.6 is 11.3 Å². The Morgan fingerprint density at radius 2 is 1.88 bits per heavy atom. The van der Waals surface area contributed by atoms with Crippen molar-refractivity contribution in [2.24, 2.45) is 5.92 Å². The zero-order valence-electron chi connectivity index (χ0n) is 18.7. The van der Waals surface area contributed by atoms with E-state index in [4.69, 9.17) is 10.5 Å². The Bertz CT molecular complexity index is 1260. The van der Waals surface area contributed by atoms with Gasteiger partial charge in [0.15, 0.2) is 12.3 Å². The number of nitrogen functional groups attached to an aromatic ring is 1. The Kier molecular flexibility index (Phi) is 7.49. The maximum atomic E-state index is 13.1. The molecule has 0 aliphatic carbocycles. The predicted molar refractivity (Wildman–Crippen MR) is 128 cm³/mol. The molecule has 0 aliphatic heterocycles. The zero-order chi connectivity index (χ0) is 24.1. The first-order chi connectivity index (χ1) is 15.7. The molecule has 3 aromatic rings. The van der Waals surface area contributed by atoms with Crippen LogP contribution in [0.3, 0.4) is 0 Å². The number of rotatable bonds is 8. The fraction of sp³-hybridized carbons (Fsp3) is 0.304. The van der Waals surface area contributed by atoms with Crippen molar-refractivity contribution in [1.82, 2.24) is 9.55 Å². The molecule has 0 radical (unpaired) electrons. The summed E-state index contributed by atoms with van der Waals surface area (Å²) in [6.45, 7) is 5.20. The topological polar surface area (TPSA) is 127 Å². The van der Waals surface area contributed by atoms with Crippen molar-refractivity contribution in [3.8, 4) is 0 Å². The molecule has 2 heterocycles. The van der Waals surface area contributed by atoms with Gasteiger partial charge in [-0.2, -0.15) is 0 Å². The van der Waals surface area contributed by atoms with Gasteiger partial charge < -0.3 is 15.4 Å². The van der Waals surface area contributed by atoms with E-state index in [1.54, 1.807) is 18.4 Å². The van der Waals surface area contributed by atoms with Crippen molar-refractivity contribution in [1.29, 1.82) is 0 Å². The van der Waals surface area contributed by atoms with Crippen LogP contribution in [0.15, 0.2) is 51.4 Å². The summed E-state index contributed by atoms with van der Waals surface area (Å²) in [7, 11) is 0. The highest BCUT2D eigenvalue weighted by atomic mass is 32.1. The zero-order valence-corrected chi connectivity index (χ0v) is 19.5.